The van der Waals surface area contributed by atoms with Crippen LogP contribution in [0.25, 0.3) is 0 Å². The van der Waals surface area contributed by atoms with E-state index in [9.17, 15) is 39.5 Å². The highest BCUT2D eigenvalue weighted by molar-refractivity contribution is 5.36. The lowest BCUT2D eigenvalue weighted by molar-refractivity contribution is -0.162. The maximum Gasteiger partial charge on any atom is 0.417 e. The summed E-state index contributed by atoms with van der Waals surface area (Å²) in [6.45, 7) is 0. The molecule has 0 aromatic heterocycles. The number of rotatable bonds is 2. The molecule has 20 heavy (non-hydrogen) atoms. The first-order valence-electron chi connectivity index (χ1n) is 5.15. The zero-order valence-electron chi connectivity index (χ0n) is 9.55. The Bertz CT molecular complexity index is 464. The van der Waals surface area contributed by atoms with Gasteiger partial charge in [0.2, 0.25) is 0 Å². The molecule has 1 rings (SSSR count). The molecule has 9 heteroatoms. The highest BCUT2D eigenvalue weighted by atomic mass is 19.4. The maximum atomic E-state index is 12.5. The Morgan fingerprint density at radius 2 is 1.20 bits per heavy atom. The van der Waals surface area contributed by atoms with Crippen molar-refractivity contribution < 1.29 is 39.5 Å². The zero-order chi connectivity index (χ0) is 15.8. The lowest BCUT2D eigenvalue weighted by Gasteiger charge is -2.16. The van der Waals surface area contributed by atoms with Crippen LogP contribution in [0.2, 0.25) is 0 Å². The average Bonchev–Trinajstić information content (AvgIpc) is 2.22. The van der Waals surface area contributed by atoms with Gasteiger partial charge in [0, 0.05) is 6.42 Å². The van der Waals surface area contributed by atoms with Crippen LogP contribution in [0, 0.1) is 0 Å². The van der Waals surface area contributed by atoms with Crippen molar-refractivity contribution in [1.29, 1.82) is 0 Å². The molecule has 0 aliphatic heterocycles. The van der Waals surface area contributed by atoms with E-state index in [4.69, 9.17) is 0 Å². The van der Waals surface area contributed by atoms with Crippen LogP contribution in [-0.4, -0.2) is 6.18 Å². The Kier molecular flexibility index (Phi) is 4.31. The number of aryl methyl sites for hydroxylation is 1. The van der Waals surface area contributed by atoms with Crippen molar-refractivity contribution in [2.24, 2.45) is 0 Å². The van der Waals surface area contributed by atoms with Gasteiger partial charge in [0.05, 0.1) is 11.1 Å². The summed E-state index contributed by atoms with van der Waals surface area (Å²) in [5, 5.41) is 0. The van der Waals surface area contributed by atoms with Gasteiger partial charge in [-0.1, -0.05) is 6.07 Å². The first kappa shape index (κ1) is 16.6. The summed E-state index contributed by atoms with van der Waals surface area (Å²) in [7, 11) is 0. The van der Waals surface area contributed by atoms with E-state index in [1.807, 2.05) is 0 Å². The number of hydrogen-bond donors (Lipinski definition) is 0. The lowest BCUT2D eigenvalue weighted by atomic mass is 10.0. The molecule has 0 bridgehead atoms. The van der Waals surface area contributed by atoms with Gasteiger partial charge in [0.15, 0.2) is 0 Å². The topological polar surface area (TPSA) is 0 Å². The van der Waals surface area contributed by atoms with Crippen LogP contribution >= 0.6 is 0 Å². The third-order valence-corrected chi connectivity index (χ3v) is 2.39. The summed E-state index contributed by atoms with van der Waals surface area (Å²) in [5.74, 6) is 0. The van der Waals surface area contributed by atoms with Crippen molar-refractivity contribution in [2.75, 3.05) is 0 Å². The normalized spacial score (nSPS) is 13.7. The summed E-state index contributed by atoms with van der Waals surface area (Å²) in [6, 6.07) is 0.868. The maximum absolute atomic E-state index is 12.5. The molecule has 0 heterocycles. The lowest BCUT2D eigenvalue weighted by Crippen LogP contribution is -2.17. The van der Waals surface area contributed by atoms with Gasteiger partial charge in [0.1, 0.15) is 0 Å². The number of halogens is 9. The second-order valence-corrected chi connectivity index (χ2v) is 3.99. The molecule has 0 unspecified atom stereocenters. The van der Waals surface area contributed by atoms with Gasteiger partial charge in [-0.25, -0.2) is 0 Å². The summed E-state index contributed by atoms with van der Waals surface area (Å²) in [5.41, 5.74) is -4.35. The first-order valence-corrected chi connectivity index (χ1v) is 5.15. The SMILES string of the molecule is FC(F)(F)CCc1ccc(C(F)(F)F)c(C(F)(F)F)c1. The molecule has 0 atom stereocenters. The molecule has 1 aromatic carbocycles. The second kappa shape index (κ2) is 5.17. The van der Waals surface area contributed by atoms with Gasteiger partial charge in [0.25, 0.3) is 0 Å². The third kappa shape index (κ3) is 4.61. The molecule has 0 spiro atoms. The van der Waals surface area contributed by atoms with Crippen LogP contribution in [0.1, 0.15) is 23.1 Å². The van der Waals surface area contributed by atoms with Crippen LogP contribution in [0.15, 0.2) is 18.2 Å². The molecule has 0 aliphatic carbocycles. The van der Waals surface area contributed by atoms with E-state index in [2.05, 4.69) is 0 Å². The Hall–Kier alpha value is -1.41. The van der Waals surface area contributed by atoms with E-state index in [0.717, 1.165) is 0 Å². The first-order chi connectivity index (χ1) is 8.81. The predicted molar refractivity (Wildman–Crippen MR) is 50.8 cm³/mol. The minimum Gasteiger partial charge on any atom is -0.171 e. The molecule has 0 amide bonds. The molecule has 0 N–H and O–H groups in total. The van der Waals surface area contributed by atoms with Crippen molar-refractivity contribution in [3.05, 3.63) is 34.9 Å². The van der Waals surface area contributed by atoms with Gasteiger partial charge in [-0.3, -0.25) is 0 Å². The molecule has 0 radical (unpaired) electrons. The number of benzene rings is 1. The van der Waals surface area contributed by atoms with E-state index in [-0.39, 0.29) is 12.1 Å². The quantitative estimate of drug-likeness (QED) is 0.657. The fraction of sp³-hybridized carbons (Fsp3) is 0.455. The van der Waals surface area contributed by atoms with E-state index in [1.54, 1.807) is 0 Å². The fourth-order valence-electron chi connectivity index (χ4n) is 1.51. The van der Waals surface area contributed by atoms with Crippen LogP contribution in [0.5, 0.6) is 0 Å². The van der Waals surface area contributed by atoms with Crippen molar-refractivity contribution >= 4 is 0 Å². The smallest absolute Gasteiger partial charge is 0.171 e. The van der Waals surface area contributed by atoms with Gasteiger partial charge in [-0.2, -0.15) is 39.5 Å². The van der Waals surface area contributed by atoms with Crippen LogP contribution in [-0.2, 0) is 18.8 Å². The predicted octanol–water partition coefficient (Wildman–Crippen LogP) is 5.22. The Labute approximate surface area is 107 Å². The zero-order valence-corrected chi connectivity index (χ0v) is 9.55. The van der Waals surface area contributed by atoms with Crippen LogP contribution < -0.4 is 0 Å². The van der Waals surface area contributed by atoms with Crippen molar-refractivity contribution in [3.8, 4) is 0 Å². The summed E-state index contributed by atoms with van der Waals surface area (Å²) in [4.78, 5) is 0. The molecular weight excluding hydrogens is 303 g/mol. The van der Waals surface area contributed by atoms with E-state index < -0.39 is 48.1 Å². The highest BCUT2D eigenvalue weighted by Crippen LogP contribution is 2.40. The number of alkyl halides is 9. The molecule has 0 nitrogen and oxygen atoms in total. The van der Waals surface area contributed by atoms with Gasteiger partial charge in [-0.15, -0.1) is 0 Å². The molecule has 0 fully saturated rings. The largest absolute Gasteiger partial charge is 0.417 e. The van der Waals surface area contributed by atoms with E-state index >= 15 is 0 Å². The van der Waals surface area contributed by atoms with Gasteiger partial charge < -0.3 is 0 Å². The standard InChI is InChI=1S/C11H7F9/c12-9(13,14)4-3-6-1-2-7(10(15,16)17)8(5-6)11(18,19)20/h1-2,5H,3-4H2. The molecule has 0 saturated heterocycles. The van der Waals surface area contributed by atoms with Crippen molar-refractivity contribution in [1.82, 2.24) is 0 Å². The molecular formula is C11H7F9. The Morgan fingerprint density at radius 3 is 1.60 bits per heavy atom. The minimum absolute atomic E-state index is 0.106. The highest BCUT2D eigenvalue weighted by Gasteiger charge is 2.43. The van der Waals surface area contributed by atoms with Crippen molar-refractivity contribution in [3.63, 3.8) is 0 Å². The van der Waals surface area contributed by atoms with Crippen LogP contribution in [0.4, 0.5) is 39.5 Å². The fourth-order valence-corrected chi connectivity index (χ4v) is 1.51. The summed E-state index contributed by atoms with van der Waals surface area (Å²) in [6.07, 6.45) is -17.3. The number of hydrogen-bond acceptors (Lipinski definition) is 0. The molecule has 0 aliphatic rings. The second-order valence-electron chi connectivity index (χ2n) is 3.99. The van der Waals surface area contributed by atoms with Crippen LogP contribution in [0.3, 0.4) is 0 Å². The minimum atomic E-state index is -5.29. The Balaban J connectivity index is 3.16. The monoisotopic (exact) mass is 310 g/mol. The summed E-state index contributed by atoms with van der Waals surface area (Å²) >= 11 is 0. The van der Waals surface area contributed by atoms with E-state index in [0.29, 0.717) is 6.07 Å². The molecule has 0 saturated carbocycles. The Morgan fingerprint density at radius 1 is 0.700 bits per heavy atom. The average molecular weight is 310 g/mol. The van der Waals surface area contributed by atoms with Crippen molar-refractivity contribution in [2.45, 2.75) is 31.4 Å². The van der Waals surface area contributed by atoms with Gasteiger partial charge in [-0.05, 0) is 24.1 Å². The van der Waals surface area contributed by atoms with Gasteiger partial charge >= 0.3 is 18.5 Å². The summed E-state index contributed by atoms with van der Waals surface area (Å²) < 4.78 is 111. The molecule has 114 valence electrons. The third-order valence-electron chi connectivity index (χ3n) is 2.39. The molecule has 1 aromatic rings. The van der Waals surface area contributed by atoms with E-state index in [1.165, 1.54) is 0 Å².